The summed E-state index contributed by atoms with van der Waals surface area (Å²) in [5, 5.41) is 15.9. The number of nitrogens with one attached hydrogen (secondary N) is 2. The first-order valence-corrected chi connectivity index (χ1v) is 13.1. The summed E-state index contributed by atoms with van der Waals surface area (Å²) in [5.41, 5.74) is 4.45. The number of rotatable bonds is 5. The molecule has 0 aliphatic carbocycles. The molecule has 0 bridgehead atoms. The van der Waals surface area contributed by atoms with Gasteiger partial charge in [-0.1, -0.05) is 12.1 Å². The molecule has 0 spiro atoms. The van der Waals surface area contributed by atoms with Gasteiger partial charge in [0.05, 0.1) is 36.0 Å². The summed E-state index contributed by atoms with van der Waals surface area (Å²) in [6, 6.07) is 11.0. The molecule has 2 aliphatic heterocycles. The Morgan fingerprint density at radius 2 is 2.05 bits per heavy atom. The second-order valence-electron chi connectivity index (χ2n) is 9.18. The van der Waals surface area contributed by atoms with Crippen molar-refractivity contribution in [3.63, 3.8) is 0 Å². The van der Waals surface area contributed by atoms with E-state index in [-0.39, 0.29) is 4.90 Å². The van der Waals surface area contributed by atoms with E-state index in [1.165, 1.54) is 12.5 Å². The van der Waals surface area contributed by atoms with Gasteiger partial charge < -0.3 is 9.73 Å². The molecular formula is C26H24N7O3S+. The first kappa shape index (κ1) is 23.1. The van der Waals surface area contributed by atoms with E-state index in [1.807, 2.05) is 30.9 Å². The van der Waals surface area contributed by atoms with Gasteiger partial charge in [-0.25, -0.2) is 23.0 Å². The van der Waals surface area contributed by atoms with Gasteiger partial charge in [0.15, 0.2) is 23.5 Å². The fraction of sp³-hybridized carbons (Fsp3) is 0.115. The average Bonchev–Trinajstić information content (AvgIpc) is 3.64. The summed E-state index contributed by atoms with van der Waals surface area (Å²) < 4.78 is 30.7. The minimum Gasteiger partial charge on any atom is -0.444 e. The van der Waals surface area contributed by atoms with Crippen LogP contribution in [0.5, 0.6) is 0 Å². The monoisotopic (exact) mass is 514 g/mol. The molecule has 2 aliphatic rings. The lowest BCUT2D eigenvalue weighted by Crippen LogP contribution is -2.36. The van der Waals surface area contributed by atoms with Crippen LogP contribution in [0.3, 0.4) is 0 Å². The summed E-state index contributed by atoms with van der Waals surface area (Å²) >= 11 is 0. The standard InChI is InChI=1S/C26H24N7O3S/c1-33(19-13-31-32-14-19)10-9-30-23-11-18(3-6-24(23)33)26(7-2-8-28-16-26)22-12-20(37(27,34)35)4-5-21(22)25-15-29-17-36-25/h2-6,8-17,30H,7H2,1H3,(H,31,32)(H2,27,34,35)/q+1. The molecule has 6 rings (SSSR count). The van der Waals surface area contributed by atoms with Crippen molar-refractivity contribution in [3.05, 3.63) is 97.2 Å². The number of allylic oxidation sites excluding steroid dienone is 1. The fourth-order valence-electron chi connectivity index (χ4n) is 5.10. The SMILES string of the molecule is C[N+]1(c2cn[nH]c2)C=CNc2cc(C3(c4cc(S(N)(=O)=O)ccc4-c4cnco4)C=NC=CC3)ccc21. The van der Waals surface area contributed by atoms with E-state index in [9.17, 15) is 8.42 Å². The highest BCUT2D eigenvalue weighted by atomic mass is 32.2. The van der Waals surface area contributed by atoms with Gasteiger partial charge >= 0.3 is 0 Å². The third kappa shape index (κ3) is 3.71. The summed E-state index contributed by atoms with van der Waals surface area (Å²) in [6.45, 7) is 0. The number of quaternary nitrogens is 1. The van der Waals surface area contributed by atoms with Gasteiger partial charge in [-0.15, -0.1) is 0 Å². The third-order valence-electron chi connectivity index (χ3n) is 7.07. The van der Waals surface area contributed by atoms with Crippen molar-refractivity contribution < 1.29 is 12.8 Å². The van der Waals surface area contributed by atoms with Crippen LogP contribution in [0.25, 0.3) is 11.3 Å². The molecule has 0 radical (unpaired) electrons. The maximum absolute atomic E-state index is 12.3. The van der Waals surface area contributed by atoms with Crippen LogP contribution in [0.1, 0.15) is 17.5 Å². The summed E-state index contributed by atoms with van der Waals surface area (Å²) in [4.78, 5) is 8.57. The van der Waals surface area contributed by atoms with Crippen LogP contribution in [0, 0.1) is 0 Å². The number of fused-ring (bicyclic) bond motifs is 1. The Bertz CT molecular complexity index is 1670. The normalized spacial score (nSPS) is 22.5. The van der Waals surface area contributed by atoms with Crippen LogP contribution < -0.4 is 14.9 Å². The minimum atomic E-state index is -3.95. The number of aromatic nitrogens is 3. The van der Waals surface area contributed by atoms with Gasteiger partial charge in [0.25, 0.3) is 0 Å². The summed E-state index contributed by atoms with van der Waals surface area (Å²) in [6.07, 6.45) is 16.7. The topological polar surface area (TPSA) is 139 Å². The molecule has 2 aromatic heterocycles. The largest absolute Gasteiger partial charge is 0.444 e. The minimum absolute atomic E-state index is 0.0105. The molecule has 2 atom stereocenters. The number of aromatic amines is 1. The maximum atomic E-state index is 12.3. The predicted molar refractivity (Wildman–Crippen MR) is 142 cm³/mol. The highest BCUT2D eigenvalue weighted by molar-refractivity contribution is 7.89. The Balaban J connectivity index is 1.58. The number of hydrogen-bond acceptors (Lipinski definition) is 7. The van der Waals surface area contributed by atoms with E-state index >= 15 is 0 Å². The maximum Gasteiger partial charge on any atom is 0.238 e. The van der Waals surface area contributed by atoms with Crippen molar-refractivity contribution in [2.75, 3.05) is 12.4 Å². The van der Waals surface area contributed by atoms with E-state index in [0.717, 1.165) is 22.6 Å². The van der Waals surface area contributed by atoms with Crippen LogP contribution >= 0.6 is 0 Å². The lowest BCUT2D eigenvalue weighted by Gasteiger charge is -2.36. The van der Waals surface area contributed by atoms with E-state index in [2.05, 4.69) is 50.7 Å². The highest BCUT2D eigenvalue weighted by Gasteiger charge is 2.39. The van der Waals surface area contributed by atoms with Crippen LogP contribution in [0.2, 0.25) is 0 Å². The van der Waals surface area contributed by atoms with Gasteiger partial charge in [0, 0.05) is 24.0 Å². The van der Waals surface area contributed by atoms with Gasteiger partial charge in [-0.2, -0.15) is 5.10 Å². The molecule has 37 heavy (non-hydrogen) atoms. The quantitative estimate of drug-likeness (QED) is 0.342. The van der Waals surface area contributed by atoms with E-state index in [0.29, 0.717) is 27.8 Å². The van der Waals surface area contributed by atoms with Crippen LogP contribution in [0.15, 0.2) is 100 Å². The summed E-state index contributed by atoms with van der Waals surface area (Å²) in [7, 11) is -1.87. The zero-order valence-corrected chi connectivity index (χ0v) is 20.7. The second kappa shape index (κ2) is 8.37. The third-order valence-corrected chi connectivity index (χ3v) is 7.98. The molecule has 4 heterocycles. The fourth-order valence-corrected chi connectivity index (χ4v) is 5.64. The lowest BCUT2D eigenvalue weighted by molar-refractivity contribution is 0.569. The van der Waals surface area contributed by atoms with Crippen molar-refractivity contribution in [3.8, 4) is 11.3 Å². The van der Waals surface area contributed by atoms with Crippen molar-refractivity contribution in [1.82, 2.24) is 19.7 Å². The lowest BCUT2D eigenvalue weighted by atomic mass is 9.70. The van der Waals surface area contributed by atoms with Crippen molar-refractivity contribution in [1.29, 1.82) is 0 Å². The number of aliphatic imine (C=N–C) groups is 1. The number of sulfonamides is 1. The molecule has 186 valence electrons. The second-order valence-corrected chi connectivity index (χ2v) is 10.7. The highest BCUT2D eigenvalue weighted by Crippen LogP contribution is 2.47. The zero-order chi connectivity index (χ0) is 25.7. The van der Waals surface area contributed by atoms with Crippen LogP contribution in [-0.4, -0.2) is 36.9 Å². The average molecular weight is 515 g/mol. The Hall–Kier alpha value is -4.32. The summed E-state index contributed by atoms with van der Waals surface area (Å²) in [5.74, 6) is 0.515. The van der Waals surface area contributed by atoms with E-state index in [1.54, 1.807) is 30.7 Å². The Morgan fingerprint density at radius 1 is 1.16 bits per heavy atom. The molecule has 4 aromatic rings. The Kier molecular flexibility index (Phi) is 5.23. The van der Waals surface area contributed by atoms with Gasteiger partial charge in [-0.3, -0.25) is 10.1 Å². The number of benzene rings is 2. The molecule has 0 fully saturated rings. The van der Waals surface area contributed by atoms with Gasteiger partial charge in [0.2, 0.25) is 10.0 Å². The zero-order valence-electron chi connectivity index (χ0n) is 19.9. The van der Waals surface area contributed by atoms with Crippen molar-refractivity contribution in [2.24, 2.45) is 10.1 Å². The van der Waals surface area contributed by atoms with Crippen molar-refractivity contribution in [2.45, 2.75) is 16.7 Å². The number of primary sulfonamides is 1. The smallest absolute Gasteiger partial charge is 0.238 e. The first-order valence-electron chi connectivity index (χ1n) is 11.5. The molecule has 11 heteroatoms. The molecular weight excluding hydrogens is 490 g/mol. The Morgan fingerprint density at radius 3 is 2.76 bits per heavy atom. The molecule has 10 nitrogen and oxygen atoms in total. The number of nitrogens with two attached hydrogens (primary N) is 1. The number of H-pyrrole nitrogens is 1. The molecule has 4 N–H and O–H groups in total. The molecule has 2 unspecified atom stereocenters. The van der Waals surface area contributed by atoms with Crippen LogP contribution in [0.4, 0.5) is 17.1 Å². The van der Waals surface area contributed by atoms with Crippen LogP contribution in [-0.2, 0) is 15.4 Å². The number of hydrogen-bond donors (Lipinski definition) is 3. The molecule has 0 saturated heterocycles. The molecule has 0 saturated carbocycles. The van der Waals surface area contributed by atoms with E-state index in [4.69, 9.17) is 9.56 Å². The first-order chi connectivity index (χ1) is 17.8. The van der Waals surface area contributed by atoms with Gasteiger partial charge in [0.1, 0.15) is 18.1 Å². The number of oxazole rings is 1. The predicted octanol–water partition coefficient (Wildman–Crippen LogP) is 4.15. The molecule has 2 aromatic carbocycles. The van der Waals surface area contributed by atoms with Crippen molar-refractivity contribution >= 4 is 33.3 Å². The molecule has 0 amide bonds. The van der Waals surface area contributed by atoms with Gasteiger partial charge in [-0.05, 0) is 41.8 Å². The Labute approximate surface area is 213 Å². The van der Waals surface area contributed by atoms with E-state index < -0.39 is 15.4 Å². The number of anilines is 1. The number of nitrogens with zero attached hydrogens (tertiary/aromatic N) is 4.